The number of rotatable bonds is 1. The molecule has 0 atom stereocenters. The van der Waals surface area contributed by atoms with Crippen LogP contribution < -0.4 is 16.4 Å². The van der Waals surface area contributed by atoms with E-state index in [0.29, 0.717) is 0 Å². The molecule has 2 N–H and O–H groups in total. The second kappa shape index (κ2) is 2.84. The van der Waals surface area contributed by atoms with Crippen LogP contribution in [-0.4, -0.2) is 23.8 Å². The lowest BCUT2D eigenvalue weighted by molar-refractivity contribution is 0.673. The van der Waals surface area contributed by atoms with Crippen molar-refractivity contribution in [2.24, 2.45) is 0 Å². The Kier molecular flexibility index (Phi) is 2.03. The second-order valence-electron chi connectivity index (χ2n) is 2.78. The quantitative estimate of drug-likeness (QED) is 0.604. The first kappa shape index (κ1) is 8.58. The van der Waals surface area contributed by atoms with Gasteiger partial charge in [0.15, 0.2) is 0 Å². The van der Waals surface area contributed by atoms with Gasteiger partial charge in [-0.15, -0.1) is 0 Å². The van der Waals surface area contributed by atoms with Crippen molar-refractivity contribution in [1.29, 1.82) is 0 Å². The fourth-order valence-electron chi connectivity index (χ4n) is 0.834. The van der Waals surface area contributed by atoms with Crippen LogP contribution >= 0.6 is 0 Å². The molecule has 0 bridgehead atoms. The molecule has 0 aliphatic carbocycles. The normalized spacial score (nSPS) is 9.92. The summed E-state index contributed by atoms with van der Waals surface area (Å²) in [5.41, 5.74) is 5.88. The molecule has 0 aromatic carbocycles. The number of hydrogen-bond donors (Lipinski definition) is 1. The molecule has 0 fully saturated rings. The molecular formula is C7H12N4O. The fourth-order valence-corrected chi connectivity index (χ4v) is 0.834. The molecule has 1 heterocycles. The molecule has 1 aromatic heterocycles. The summed E-state index contributed by atoms with van der Waals surface area (Å²) in [4.78, 5) is 14.8. The maximum absolute atomic E-state index is 11.2. The molecular weight excluding hydrogens is 156 g/mol. The van der Waals surface area contributed by atoms with Crippen molar-refractivity contribution in [3.8, 4) is 0 Å². The van der Waals surface area contributed by atoms with E-state index in [1.165, 1.54) is 4.68 Å². The smallest absolute Gasteiger partial charge is 0.368 e. The van der Waals surface area contributed by atoms with Crippen molar-refractivity contribution >= 4 is 5.82 Å². The van der Waals surface area contributed by atoms with Gasteiger partial charge in [-0.2, -0.15) is 4.98 Å². The number of aryl methyl sites for hydroxylation is 1. The van der Waals surface area contributed by atoms with Crippen LogP contribution in [0.15, 0.2) is 11.0 Å². The zero-order valence-corrected chi connectivity index (χ0v) is 7.40. The molecule has 5 nitrogen and oxygen atoms in total. The first-order chi connectivity index (χ1) is 5.52. The van der Waals surface area contributed by atoms with Crippen LogP contribution in [0.5, 0.6) is 0 Å². The Balaban J connectivity index is 3.33. The average molecular weight is 168 g/mol. The monoisotopic (exact) mass is 168 g/mol. The van der Waals surface area contributed by atoms with Crippen molar-refractivity contribution in [2.45, 2.75) is 6.92 Å². The molecule has 0 aliphatic heterocycles. The summed E-state index contributed by atoms with van der Waals surface area (Å²) >= 11 is 0. The lowest BCUT2D eigenvalue weighted by Crippen LogP contribution is -2.37. The number of nitrogen functional groups attached to an aromatic ring is 1. The Morgan fingerprint density at radius 1 is 1.58 bits per heavy atom. The summed E-state index contributed by atoms with van der Waals surface area (Å²) in [7, 11) is 3.53. The Morgan fingerprint density at radius 3 is 2.67 bits per heavy atom. The van der Waals surface area contributed by atoms with Gasteiger partial charge in [0.1, 0.15) is 5.82 Å². The first-order valence-electron chi connectivity index (χ1n) is 3.55. The topological polar surface area (TPSA) is 64.2 Å². The highest BCUT2D eigenvalue weighted by atomic mass is 16.2. The minimum absolute atomic E-state index is 0.290. The molecule has 1 rings (SSSR count). The van der Waals surface area contributed by atoms with Gasteiger partial charge in [0.2, 0.25) is 0 Å². The van der Waals surface area contributed by atoms with Crippen LogP contribution in [0.3, 0.4) is 0 Å². The number of nitrogens with zero attached hydrogens (tertiary/aromatic N) is 3. The highest BCUT2D eigenvalue weighted by Gasteiger charge is 2.02. The highest BCUT2D eigenvalue weighted by molar-refractivity contribution is 5.35. The van der Waals surface area contributed by atoms with Gasteiger partial charge in [-0.1, -0.05) is 0 Å². The standard InChI is InChI=1S/C7H12N4O/c1-5-4-11(10(2)3)7(12)9-6(5)8/h4H,1-3H3,(H2,8,9,12). The Hall–Kier alpha value is -1.52. The van der Waals surface area contributed by atoms with E-state index in [2.05, 4.69) is 4.98 Å². The minimum atomic E-state index is -0.358. The molecule has 0 spiro atoms. The van der Waals surface area contributed by atoms with Crippen molar-refractivity contribution in [3.05, 3.63) is 22.2 Å². The van der Waals surface area contributed by atoms with Crippen LogP contribution in [0.1, 0.15) is 5.56 Å². The van der Waals surface area contributed by atoms with Gasteiger partial charge in [-0.05, 0) is 6.92 Å². The zero-order chi connectivity index (χ0) is 9.30. The molecule has 0 amide bonds. The van der Waals surface area contributed by atoms with Crippen LogP contribution in [0.2, 0.25) is 0 Å². The highest BCUT2D eigenvalue weighted by Crippen LogP contribution is 2.00. The average Bonchev–Trinajstić information content (AvgIpc) is 1.96. The van der Waals surface area contributed by atoms with Gasteiger partial charge in [0, 0.05) is 25.9 Å². The summed E-state index contributed by atoms with van der Waals surface area (Å²) in [5, 5.41) is 1.64. The predicted octanol–water partition coefficient (Wildman–Crippen LogP) is -0.668. The summed E-state index contributed by atoms with van der Waals surface area (Å²) in [6, 6.07) is 0. The van der Waals surface area contributed by atoms with E-state index in [1.807, 2.05) is 6.92 Å². The first-order valence-corrected chi connectivity index (χ1v) is 3.55. The largest absolute Gasteiger partial charge is 0.383 e. The molecule has 5 heteroatoms. The molecule has 0 radical (unpaired) electrons. The van der Waals surface area contributed by atoms with E-state index < -0.39 is 0 Å². The van der Waals surface area contributed by atoms with Gasteiger partial charge in [-0.3, -0.25) is 0 Å². The molecule has 1 aromatic rings. The van der Waals surface area contributed by atoms with Crippen molar-refractivity contribution in [2.75, 3.05) is 24.8 Å². The van der Waals surface area contributed by atoms with Crippen LogP contribution in [0.25, 0.3) is 0 Å². The van der Waals surface area contributed by atoms with Crippen LogP contribution in [0, 0.1) is 6.92 Å². The maximum Gasteiger partial charge on any atom is 0.368 e. The number of anilines is 1. The van der Waals surface area contributed by atoms with E-state index in [-0.39, 0.29) is 11.5 Å². The fraction of sp³-hybridized carbons (Fsp3) is 0.429. The van der Waals surface area contributed by atoms with Crippen molar-refractivity contribution in [1.82, 2.24) is 9.66 Å². The van der Waals surface area contributed by atoms with Gasteiger partial charge in [0.05, 0.1) is 0 Å². The zero-order valence-electron chi connectivity index (χ0n) is 7.40. The predicted molar refractivity (Wildman–Crippen MR) is 47.7 cm³/mol. The third-order valence-corrected chi connectivity index (χ3v) is 1.56. The lowest BCUT2D eigenvalue weighted by atomic mass is 10.4. The summed E-state index contributed by atoms with van der Waals surface area (Å²) in [6.45, 7) is 1.81. The van der Waals surface area contributed by atoms with Gasteiger partial charge in [0.25, 0.3) is 0 Å². The van der Waals surface area contributed by atoms with Gasteiger partial charge in [-0.25, -0.2) is 9.47 Å². The Labute approximate surface area is 70.4 Å². The van der Waals surface area contributed by atoms with Gasteiger partial charge >= 0.3 is 5.69 Å². The van der Waals surface area contributed by atoms with E-state index in [1.54, 1.807) is 25.3 Å². The number of hydrogen-bond acceptors (Lipinski definition) is 4. The van der Waals surface area contributed by atoms with E-state index in [9.17, 15) is 4.79 Å². The lowest BCUT2D eigenvalue weighted by Gasteiger charge is -2.15. The third-order valence-electron chi connectivity index (χ3n) is 1.56. The molecule has 0 saturated heterocycles. The minimum Gasteiger partial charge on any atom is -0.383 e. The molecule has 12 heavy (non-hydrogen) atoms. The number of nitrogens with two attached hydrogens (primary N) is 1. The molecule has 66 valence electrons. The second-order valence-corrected chi connectivity index (χ2v) is 2.78. The molecule has 0 saturated carbocycles. The van der Waals surface area contributed by atoms with Crippen LogP contribution in [-0.2, 0) is 0 Å². The summed E-state index contributed by atoms with van der Waals surface area (Å²) < 4.78 is 1.39. The summed E-state index contributed by atoms with van der Waals surface area (Å²) in [6.07, 6.45) is 1.66. The van der Waals surface area contributed by atoms with E-state index in [0.717, 1.165) is 5.56 Å². The van der Waals surface area contributed by atoms with Crippen molar-refractivity contribution < 1.29 is 0 Å². The van der Waals surface area contributed by atoms with Crippen molar-refractivity contribution in [3.63, 3.8) is 0 Å². The molecule has 0 aliphatic rings. The SMILES string of the molecule is Cc1cn(N(C)C)c(=O)nc1N. The summed E-state index contributed by atoms with van der Waals surface area (Å²) in [5.74, 6) is 0.290. The van der Waals surface area contributed by atoms with E-state index >= 15 is 0 Å². The molecule has 0 unspecified atom stereocenters. The van der Waals surface area contributed by atoms with E-state index in [4.69, 9.17) is 5.73 Å². The van der Waals surface area contributed by atoms with Gasteiger partial charge < -0.3 is 10.7 Å². The third kappa shape index (κ3) is 1.39. The number of aromatic nitrogens is 2. The Morgan fingerprint density at radius 2 is 2.17 bits per heavy atom. The Bertz CT molecular complexity index is 342. The van der Waals surface area contributed by atoms with Crippen LogP contribution in [0.4, 0.5) is 5.82 Å². The maximum atomic E-state index is 11.2.